The molecule has 4 rings (SSSR count). The van der Waals surface area contributed by atoms with Gasteiger partial charge in [-0.2, -0.15) is 0 Å². The zero-order valence-electron chi connectivity index (χ0n) is 14.1. The lowest BCUT2D eigenvalue weighted by atomic mass is 10.0. The van der Waals surface area contributed by atoms with E-state index >= 15 is 0 Å². The van der Waals surface area contributed by atoms with Crippen molar-refractivity contribution in [2.75, 3.05) is 6.79 Å². The summed E-state index contributed by atoms with van der Waals surface area (Å²) in [5, 5.41) is 4.79. The maximum atomic E-state index is 6.06. The lowest BCUT2D eigenvalue weighted by Gasteiger charge is -2.20. The van der Waals surface area contributed by atoms with E-state index in [9.17, 15) is 0 Å². The van der Waals surface area contributed by atoms with Gasteiger partial charge in [0.1, 0.15) is 11.3 Å². The molecule has 1 aliphatic rings. The predicted molar refractivity (Wildman–Crippen MR) is 93.5 cm³/mol. The van der Waals surface area contributed by atoms with Gasteiger partial charge in [-0.3, -0.25) is 0 Å². The number of aryl methyl sites for hydroxylation is 1. The average molecular weight is 323 g/mol. The molecule has 3 aromatic rings. The van der Waals surface area contributed by atoms with Crippen LogP contribution < -0.4 is 14.8 Å². The molecule has 0 radical (unpaired) electrons. The van der Waals surface area contributed by atoms with Gasteiger partial charge in [0.15, 0.2) is 11.5 Å². The standard InChI is InChI=1S/C20H21NO3/c1-12-16-6-4-5-7-17(16)24-20(12)14(3)21-13(2)15-8-9-18-19(10-15)23-11-22-18/h4-10,13-14,21H,11H2,1-3H3. The summed E-state index contributed by atoms with van der Waals surface area (Å²) in [6, 6.07) is 14.5. The van der Waals surface area contributed by atoms with Crippen LogP contribution in [0.1, 0.15) is 42.8 Å². The average Bonchev–Trinajstić information content (AvgIpc) is 3.19. The van der Waals surface area contributed by atoms with Crippen molar-refractivity contribution in [2.24, 2.45) is 0 Å². The van der Waals surface area contributed by atoms with Crippen LogP contribution in [0.2, 0.25) is 0 Å². The predicted octanol–water partition coefficient (Wildman–Crippen LogP) is 4.88. The quantitative estimate of drug-likeness (QED) is 0.743. The van der Waals surface area contributed by atoms with Crippen LogP contribution in [0.4, 0.5) is 0 Å². The van der Waals surface area contributed by atoms with E-state index < -0.39 is 0 Å². The molecule has 1 aliphatic heterocycles. The van der Waals surface area contributed by atoms with Gasteiger partial charge in [-0.1, -0.05) is 24.3 Å². The fourth-order valence-corrected chi connectivity index (χ4v) is 3.34. The number of para-hydroxylation sites is 1. The zero-order chi connectivity index (χ0) is 16.7. The van der Waals surface area contributed by atoms with Crippen LogP contribution in [0.25, 0.3) is 11.0 Å². The van der Waals surface area contributed by atoms with Crippen molar-refractivity contribution < 1.29 is 13.9 Å². The van der Waals surface area contributed by atoms with E-state index in [4.69, 9.17) is 13.9 Å². The summed E-state index contributed by atoms with van der Waals surface area (Å²) in [7, 11) is 0. The Labute approximate surface area is 141 Å². The van der Waals surface area contributed by atoms with Gasteiger partial charge in [0.25, 0.3) is 0 Å². The highest BCUT2D eigenvalue weighted by molar-refractivity contribution is 5.82. The summed E-state index contributed by atoms with van der Waals surface area (Å²) >= 11 is 0. The molecule has 1 aromatic heterocycles. The second-order valence-electron chi connectivity index (χ2n) is 6.31. The van der Waals surface area contributed by atoms with E-state index in [1.807, 2.05) is 30.3 Å². The fourth-order valence-electron chi connectivity index (χ4n) is 3.34. The second kappa shape index (κ2) is 5.87. The first-order valence-electron chi connectivity index (χ1n) is 8.27. The molecular formula is C20H21NO3. The Bertz CT molecular complexity index is 884. The minimum Gasteiger partial charge on any atom is -0.459 e. The number of hydrogen-bond acceptors (Lipinski definition) is 4. The number of ether oxygens (including phenoxy) is 2. The van der Waals surface area contributed by atoms with Gasteiger partial charge in [0.05, 0.1) is 6.04 Å². The Balaban J connectivity index is 1.56. The molecular weight excluding hydrogens is 302 g/mol. The van der Waals surface area contributed by atoms with Crippen molar-refractivity contribution in [1.82, 2.24) is 5.32 Å². The highest BCUT2D eigenvalue weighted by atomic mass is 16.7. The van der Waals surface area contributed by atoms with Gasteiger partial charge < -0.3 is 19.2 Å². The van der Waals surface area contributed by atoms with E-state index in [2.05, 4.69) is 38.2 Å². The van der Waals surface area contributed by atoms with Gasteiger partial charge in [0, 0.05) is 11.4 Å². The Hall–Kier alpha value is -2.46. The first kappa shape index (κ1) is 15.1. The van der Waals surface area contributed by atoms with Crippen LogP contribution in [0, 0.1) is 6.92 Å². The number of fused-ring (bicyclic) bond motifs is 2. The number of benzene rings is 2. The highest BCUT2D eigenvalue weighted by Crippen LogP contribution is 2.35. The molecule has 1 N–H and O–H groups in total. The molecule has 0 fully saturated rings. The van der Waals surface area contributed by atoms with Crippen LogP contribution in [0.3, 0.4) is 0 Å². The Morgan fingerprint density at radius 3 is 2.58 bits per heavy atom. The van der Waals surface area contributed by atoms with Crippen molar-refractivity contribution in [3.63, 3.8) is 0 Å². The van der Waals surface area contributed by atoms with Crippen LogP contribution in [0.15, 0.2) is 46.9 Å². The molecule has 24 heavy (non-hydrogen) atoms. The van der Waals surface area contributed by atoms with Gasteiger partial charge in [-0.05, 0) is 50.1 Å². The van der Waals surface area contributed by atoms with Crippen molar-refractivity contribution in [2.45, 2.75) is 32.9 Å². The summed E-state index contributed by atoms with van der Waals surface area (Å²) in [6.45, 7) is 6.69. The van der Waals surface area contributed by atoms with Crippen LogP contribution in [0.5, 0.6) is 11.5 Å². The zero-order valence-corrected chi connectivity index (χ0v) is 14.1. The Morgan fingerprint density at radius 2 is 1.75 bits per heavy atom. The monoisotopic (exact) mass is 323 g/mol. The molecule has 2 atom stereocenters. The van der Waals surface area contributed by atoms with Crippen molar-refractivity contribution in [3.05, 3.63) is 59.4 Å². The third kappa shape index (κ3) is 2.53. The Kier molecular flexibility index (Phi) is 3.69. The molecule has 0 saturated carbocycles. The lowest BCUT2D eigenvalue weighted by molar-refractivity contribution is 0.174. The lowest BCUT2D eigenvalue weighted by Crippen LogP contribution is -2.22. The highest BCUT2D eigenvalue weighted by Gasteiger charge is 2.20. The molecule has 2 heterocycles. The summed E-state index contributed by atoms with van der Waals surface area (Å²) in [5.41, 5.74) is 3.30. The number of hydrogen-bond donors (Lipinski definition) is 1. The first-order valence-corrected chi connectivity index (χ1v) is 8.27. The van der Waals surface area contributed by atoms with Crippen LogP contribution >= 0.6 is 0 Å². The molecule has 2 aromatic carbocycles. The molecule has 0 aliphatic carbocycles. The third-order valence-electron chi connectivity index (χ3n) is 4.67. The summed E-state index contributed by atoms with van der Waals surface area (Å²) in [6.07, 6.45) is 0. The smallest absolute Gasteiger partial charge is 0.231 e. The molecule has 4 nitrogen and oxygen atoms in total. The largest absolute Gasteiger partial charge is 0.459 e. The normalized spacial score (nSPS) is 15.6. The van der Waals surface area contributed by atoms with Gasteiger partial charge in [-0.15, -0.1) is 0 Å². The van der Waals surface area contributed by atoms with Crippen LogP contribution in [-0.4, -0.2) is 6.79 Å². The molecule has 0 spiro atoms. The third-order valence-corrected chi connectivity index (χ3v) is 4.67. The van der Waals surface area contributed by atoms with Crippen molar-refractivity contribution >= 4 is 11.0 Å². The van der Waals surface area contributed by atoms with E-state index in [0.29, 0.717) is 6.79 Å². The van der Waals surface area contributed by atoms with Crippen molar-refractivity contribution in [1.29, 1.82) is 0 Å². The second-order valence-corrected chi connectivity index (χ2v) is 6.31. The minimum atomic E-state index is 0.109. The maximum absolute atomic E-state index is 6.06. The molecule has 2 unspecified atom stereocenters. The molecule has 4 heteroatoms. The van der Waals surface area contributed by atoms with E-state index in [1.54, 1.807) is 0 Å². The number of furan rings is 1. The molecule has 0 saturated heterocycles. The van der Waals surface area contributed by atoms with Gasteiger partial charge in [-0.25, -0.2) is 0 Å². The minimum absolute atomic E-state index is 0.109. The Morgan fingerprint density at radius 1 is 0.958 bits per heavy atom. The van der Waals surface area contributed by atoms with E-state index in [1.165, 1.54) is 16.5 Å². The molecule has 0 bridgehead atoms. The van der Waals surface area contributed by atoms with E-state index in [0.717, 1.165) is 22.8 Å². The maximum Gasteiger partial charge on any atom is 0.231 e. The van der Waals surface area contributed by atoms with Gasteiger partial charge in [0.2, 0.25) is 6.79 Å². The van der Waals surface area contributed by atoms with Crippen LogP contribution in [-0.2, 0) is 0 Å². The summed E-state index contributed by atoms with van der Waals surface area (Å²) < 4.78 is 16.9. The number of nitrogens with one attached hydrogen (secondary N) is 1. The molecule has 0 amide bonds. The summed E-state index contributed by atoms with van der Waals surface area (Å²) in [5.74, 6) is 2.62. The summed E-state index contributed by atoms with van der Waals surface area (Å²) in [4.78, 5) is 0. The van der Waals surface area contributed by atoms with Gasteiger partial charge >= 0.3 is 0 Å². The number of rotatable bonds is 4. The molecule has 124 valence electrons. The first-order chi connectivity index (χ1) is 11.6. The SMILES string of the molecule is Cc1c(C(C)NC(C)c2ccc3c(c2)OCO3)oc2ccccc12. The fraction of sp³-hybridized carbons (Fsp3) is 0.300. The van der Waals surface area contributed by atoms with Crippen molar-refractivity contribution in [3.8, 4) is 11.5 Å². The topological polar surface area (TPSA) is 43.6 Å². The van der Waals surface area contributed by atoms with E-state index in [-0.39, 0.29) is 12.1 Å².